The minimum atomic E-state index is 0.836. The van der Waals surface area contributed by atoms with Crippen molar-refractivity contribution in [3.63, 3.8) is 0 Å². The fourth-order valence-corrected chi connectivity index (χ4v) is 4.57. The largest absolute Gasteiger partial charge is 0.399 e. The van der Waals surface area contributed by atoms with Gasteiger partial charge in [0.1, 0.15) is 0 Å². The van der Waals surface area contributed by atoms with E-state index in [4.69, 9.17) is 5.73 Å². The minimum absolute atomic E-state index is 0.836. The van der Waals surface area contributed by atoms with E-state index in [-0.39, 0.29) is 0 Å². The molecule has 178 valence electrons. The number of hydrogen-bond donors (Lipinski definition) is 1. The lowest BCUT2D eigenvalue weighted by Crippen LogP contribution is -1.91. The van der Waals surface area contributed by atoms with Gasteiger partial charge >= 0.3 is 0 Å². The van der Waals surface area contributed by atoms with Gasteiger partial charge in [-0.1, -0.05) is 140 Å². The second kappa shape index (κ2) is 17.8. The van der Waals surface area contributed by atoms with E-state index in [1.54, 1.807) is 0 Å². The molecule has 32 heavy (non-hydrogen) atoms. The number of nitrogen functional groups attached to an aromatic ring is 1. The van der Waals surface area contributed by atoms with Crippen LogP contribution in [0.4, 0.5) is 5.69 Å². The lowest BCUT2D eigenvalue weighted by atomic mass is 10.0. The summed E-state index contributed by atoms with van der Waals surface area (Å²) in [5.41, 5.74) is 10.8. The van der Waals surface area contributed by atoms with E-state index in [1.807, 2.05) is 12.1 Å². The van der Waals surface area contributed by atoms with E-state index in [0.717, 1.165) is 12.1 Å². The first-order valence-electron chi connectivity index (χ1n) is 13.7. The minimum Gasteiger partial charge on any atom is -0.399 e. The average Bonchev–Trinajstić information content (AvgIpc) is 2.81. The highest BCUT2D eigenvalue weighted by atomic mass is 14.5. The first kappa shape index (κ1) is 26.5. The predicted molar refractivity (Wildman–Crippen MR) is 143 cm³/mol. The van der Waals surface area contributed by atoms with Crippen molar-refractivity contribution < 1.29 is 0 Å². The Hall–Kier alpha value is -1.76. The zero-order valence-electron chi connectivity index (χ0n) is 20.9. The molecule has 1 heteroatoms. The highest BCUT2D eigenvalue weighted by Crippen LogP contribution is 2.16. The highest BCUT2D eigenvalue weighted by molar-refractivity contribution is 5.40. The van der Waals surface area contributed by atoms with Gasteiger partial charge < -0.3 is 5.73 Å². The van der Waals surface area contributed by atoms with Crippen LogP contribution < -0.4 is 5.73 Å². The van der Waals surface area contributed by atoms with Gasteiger partial charge in [-0.25, -0.2) is 0 Å². The molecule has 0 saturated carbocycles. The summed E-state index contributed by atoms with van der Waals surface area (Å²) < 4.78 is 0. The summed E-state index contributed by atoms with van der Waals surface area (Å²) in [5.74, 6) is 0. The Morgan fingerprint density at radius 3 is 1.22 bits per heavy atom. The van der Waals surface area contributed by atoms with Crippen LogP contribution in [-0.4, -0.2) is 0 Å². The number of rotatable bonds is 19. The molecule has 2 aromatic rings. The molecule has 0 aliphatic carbocycles. The standard InChI is InChI=1S/C31H49N/c1-2-3-4-5-6-7-8-9-10-11-12-13-14-15-16-17-18-28-19-21-29(22-20-28)27-30-23-25-31(32)26-24-30/h19-26H,2-18,27,32H2,1H3. The maximum atomic E-state index is 5.77. The lowest BCUT2D eigenvalue weighted by Gasteiger charge is -2.06. The molecule has 0 radical (unpaired) electrons. The molecule has 0 aromatic heterocycles. The lowest BCUT2D eigenvalue weighted by molar-refractivity contribution is 0.529. The van der Waals surface area contributed by atoms with Gasteiger partial charge in [0.05, 0.1) is 0 Å². The maximum absolute atomic E-state index is 5.77. The number of unbranched alkanes of at least 4 members (excludes halogenated alkanes) is 15. The van der Waals surface area contributed by atoms with Gasteiger partial charge in [-0.2, -0.15) is 0 Å². The fourth-order valence-electron chi connectivity index (χ4n) is 4.57. The van der Waals surface area contributed by atoms with Gasteiger partial charge in [0.2, 0.25) is 0 Å². The summed E-state index contributed by atoms with van der Waals surface area (Å²) in [4.78, 5) is 0. The Morgan fingerprint density at radius 2 is 0.781 bits per heavy atom. The molecule has 0 saturated heterocycles. The van der Waals surface area contributed by atoms with Crippen LogP contribution in [0.15, 0.2) is 48.5 Å². The average molecular weight is 436 g/mol. The van der Waals surface area contributed by atoms with Crippen molar-refractivity contribution in [3.8, 4) is 0 Å². The molecule has 0 amide bonds. The summed E-state index contributed by atoms with van der Waals surface area (Å²) >= 11 is 0. The van der Waals surface area contributed by atoms with E-state index in [2.05, 4.69) is 43.3 Å². The highest BCUT2D eigenvalue weighted by Gasteiger charge is 1.99. The summed E-state index contributed by atoms with van der Waals surface area (Å²) in [5, 5.41) is 0. The Morgan fingerprint density at radius 1 is 0.438 bits per heavy atom. The summed E-state index contributed by atoms with van der Waals surface area (Å²) in [6.45, 7) is 2.30. The second-order valence-corrected chi connectivity index (χ2v) is 9.79. The first-order chi connectivity index (χ1) is 15.8. The van der Waals surface area contributed by atoms with Gasteiger partial charge in [-0.3, -0.25) is 0 Å². The zero-order valence-corrected chi connectivity index (χ0v) is 20.9. The summed E-state index contributed by atoms with van der Waals surface area (Å²) in [6, 6.07) is 17.4. The van der Waals surface area contributed by atoms with Crippen LogP contribution in [0.1, 0.15) is 126 Å². The van der Waals surface area contributed by atoms with Gasteiger partial charge in [0, 0.05) is 5.69 Å². The molecule has 2 aromatic carbocycles. The molecule has 0 aliphatic rings. The second-order valence-electron chi connectivity index (χ2n) is 9.79. The number of aryl methyl sites for hydroxylation is 1. The third kappa shape index (κ3) is 12.9. The van der Waals surface area contributed by atoms with Crippen LogP contribution in [-0.2, 0) is 12.8 Å². The number of benzene rings is 2. The molecule has 0 aliphatic heterocycles. The zero-order chi connectivity index (χ0) is 22.7. The van der Waals surface area contributed by atoms with Crippen molar-refractivity contribution >= 4 is 5.69 Å². The smallest absolute Gasteiger partial charge is 0.0314 e. The molecular formula is C31H49N. The Kier molecular flexibility index (Phi) is 14.7. The molecule has 2 N–H and O–H groups in total. The molecule has 1 nitrogen and oxygen atoms in total. The number of hydrogen-bond acceptors (Lipinski definition) is 1. The van der Waals surface area contributed by atoms with Crippen LogP contribution in [0.3, 0.4) is 0 Å². The van der Waals surface area contributed by atoms with Crippen molar-refractivity contribution in [1.29, 1.82) is 0 Å². The molecule has 0 atom stereocenters. The van der Waals surface area contributed by atoms with Gasteiger partial charge in [-0.15, -0.1) is 0 Å². The molecule has 0 spiro atoms. The SMILES string of the molecule is CCCCCCCCCCCCCCCCCCc1ccc(Cc2ccc(N)cc2)cc1. The van der Waals surface area contributed by atoms with Gasteiger partial charge in [0.25, 0.3) is 0 Å². The van der Waals surface area contributed by atoms with Crippen molar-refractivity contribution in [3.05, 3.63) is 65.2 Å². The van der Waals surface area contributed by atoms with Crippen LogP contribution in [0.5, 0.6) is 0 Å². The van der Waals surface area contributed by atoms with Crippen molar-refractivity contribution in [2.45, 2.75) is 122 Å². The Labute approximate surface area is 199 Å². The quantitative estimate of drug-likeness (QED) is 0.172. The molecule has 0 heterocycles. The Balaban J connectivity index is 1.38. The fraction of sp³-hybridized carbons (Fsp3) is 0.613. The van der Waals surface area contributed by atoms with E-state index in [0.29, 0.717) is 0 Å². The molecule has 0 unspecified atom stereocenters. The third-order valence-corrected chi connectivity index (χ3v) is 6.73. The van der Waals surface area contributed by atoms with Gasteiger partial charge in [-0.05, 0) is 48.1 Å². The van der Waals surface area contributed by atoms with E-state index in [9.17, 15) is 0 Å². The predicted octanol–water partition coefficient (Wildman–Crippen LogP) is 9.66. The number of anilines is 1. The van der Waals surface area contributed by atoms with E-state index in [1.165, 1.54) is 126 Å². The van der Waals surface area contributed by atoms with E-state index >= 15 is 0 Å². The van der Waals surface area contributed by atoms with Crippen LogP contribution in [0.2, 0.25) is 0 Å². The van der Waals surface area contributed by atoms with Crippen LogP contribution in [0, 0.1) is 0 Å². The third-order valence-electron chi connectivity index (χ3n) is 6.73. The van der Waals surface area contributed by atoms with Crippen molar-refractivity contribution in [2.24, 2.45) is 0 Å². The topological polar surface area (TPSA) is 26.0 Å². The molecular weight excluding hydrogens is 386 g/mol. The van der Waals surface area contributed by atoms with Crippen molar-refractivity contribution in [2.75, 3.05) is 5.73 Å². The molecule has 0 bridgehead atoms. The Bertz CT molecular complexity index is 671. The van der Waals surface area contributed by atoms with Crippen LogP contribution in [0.25, 0.3) is 0 Å². The van der Waals surface area contributed by atoms with Crippen molar-refractivity contribution in [1.82, 2.24) is 0 Å². The van der Waals surface area contributed by atoms with Gasteiger partial charge in [0.15, 0.2) is 0 Å². The molecule has 0 fully saturated rings. The summed E-state index contributed by atoms with van der Waals surface area (Å²) in [6.07, 6.45) is 25.1. The maximum Gasteiger partial charge on any atom is 0.0314 e. The van der Waals surface area contributed by atoms with Crippen LogP contribution >= 0.6 is 0 Å². The summed E-state index contributed by atoms with van der Waals surface area (Å²) in [7, 11) is 0. The first-order valence-corrected chi connectivity index (χ1v) is 13.7. The van der Waals surface area contributed by atoms with E-state index < -0.39 is 0 Å². The number of nitrogens with two attached hydrogens (primary N) is 1. The normalized spacial score (nSPS) is 11.2. The molecule has 2 rings (SSSR count). The monoisotopic (exact) mass is 435 g/mol.